The van der Waals surface area contributed by atoms with Crippen LogP contribution in [0.1, 0.15) is 18.1 Å². The molecule has 0 aliphatic carbocycles. The molecule has 94 valence electrons. The molecule has 0 fully saturated rings. The number of hydrogen-bond acceptors (Lipinski definition) is 2. The molecule has 0 amide bonds. The average molecular weight is 240 g/mol. The van der Waals surface area contributed by atoms with Crippen molar-refractivity contribution in [1.29, 1.82) is 0 Å². The van der Waals surface area contributed by atoms with Gasteiger partial charge in [-0.3, -0.25) is 0 Å². The Morgan fingerprint density at radius 2 is 1.72 bits per heavy atom. The third-order valence-electron chi connectivity index (χ3n) is 3.47. The van der Waals surface area contributed by atoms with Crippen LogP contribution in [0, 0.1) is 0 Å². The van der Waals surface area contributed by atoms with Crippen LogP contribution in [0.3, 0.4) is 0 Å². The van der Waals surface area contributed by atoms with Crippen molar-refractivity contribution in [3.05, 3.63) is 65.7 Å². The molecular formula is C16H20N2. The summed E-state index contributed by atoms with van der Waals surface area (Å²) in [6.45, 7) is 2.79. The van der Waals surface area contributed by atoms with Crippen LogP contribution >= 0.6 is 0 Å². The molecule has 0 aliphatic heterocycles. The number of hydrogen-bond donors (Lipinski definition) is 2. The number of rotatable bonds is 4. The number of nitrogen functional groups attached to an aromatic ring is 1. The van der Waals surface area contributed by atoms with E-state index in [0.29, 0.717) is 6.54 Å². The van der Waals surface area contributed by atoms with Crippen LogP contribution in [0.4, 0.5) is 5.69 Å². The Bertz CT molecular complexity index is 508. The van der Waals surface area contributed by atoms with Crippen LogP contribution in [0.5, 0.6) is 0 Å². The molecule has 0 bridgehead atoms. The average Bonchev–Trinajstić information content (AvgIpc) is 2.40. The smallest absolute Gasteiger partial charge is 0.0316 e. The van der Waals surface area contributed by atoms with E-state index in [1.807, 2.05) is 24.3 Å². The minimum atomic E-state index is -0.0727. The maximum atomic E-state index is 6.00. The molecule has 2 heteroatoms. The molecule has 1 unspecified atom stereocenters. The summed E-state index contributed by atoms with van der Waals surface area (Å²) < 4.78 is 0. The molecule has 0 aromatic heterocycles. The van der Waals surface area contributed by atoms with Gasteiger partial charge in [-0.05, 0) is 29.7 Å². The predicted octanol–water partition coefficient (Wildman–Crippen LogP) is 2.73. The van der Waals surface area contributed by atoms with Gasteiger partial charge in [-0.15, -0.1) is 0 Å². The van der Waals surface area contributed by atoms with Gasteiger partial charge in [0.15, 0.2) is 0 Å². The van der Waals surface area contributed by atoms with E-state index in [2.05, 4.69) is 37.3 Å². The zero-order chi connectivity index (χ0) is 13.0. The van der Waals surface area contributed by atoms with Crippen molar-refractivity contribution in [3.63, 3.8) is 0 Å². The van der Waals surface area contributed by atoms with E-state index in [9.17, 15) is 0 Å². The Morgan fingerprint density at radius 3 is 2.33 bits per heavy atom. The Labute approximate surface area is 109 Å². The summed E-state index contributed by atoms with van der Waals surface area (Å²) in [6, 6.07) is 18.5. The second-order valence-electron chi connectivity index (χ2n) is 5.05. The SMILES string of the molecule is CC(CN)(Cc1ccccc1)c1cccc(N)c1. The number of benzene rings is 2. The molecule has 0 radical (unpaired) electrons. The highest BCUT2D eigenvalue weighted by Gasteiger charge is 2.25. The lowest BCUT2D eigenvalue weighted by Crippen LogP contribution is -2.34. The van der Waals surface area contributed by atoms with Crippen LogP contribution in [-0.4, -0.2) is 6.54 Å². The van der Waals surface area contributed by atoms with E-state index in [1.165, 1.54) is 11.1 Å². The van der Waals surface area contributed by atoms with Gasteiger partial charge < -0.3 is 11.5 Å². The quantitative estimate of drug-likeness (QED) is 0.807. The monoisotopic (exact) mass is 240 g/mol. The molecule has 4 N–H and O–H groups in total. The van der Waals surface area contributed by atoms with E-state index in [4.69, 9.17) is 11.5 Å². The second kappa shape index (κ2) is 5.23. The van der Waals surface area contributed by atoms with Gasteiger partial charge >= 0.3 is 0 Å². The molecule has 0 heterocycles. The normalized spacial score (nSPS) is 14.1. The molecule has 0 spiro atoms. The first kappa shape index (κ1) is 12.7. The summed E-state index contributed by atoms with van der Waals surface area (Å²) in [5.74, 6) is 0. The minimum absolute atomic E-state index is 0.0727. The Kier molecular flexibility index (Phi) is 3.68. The highest BCUT2D eigenvalue weighted by Crippen LogP contribution is 2.28. The first-order chi connectivity index (χ1) is 8.64. The lowest BCUT2D eigenvalue weighted by molar-refractivity contribution is 0.481. The lowest BCUT2D eigenvalue weighted by Gasteiger charge is -2.29. The highest BCUT2D eigenvalue weighted by atomic mass is 14.6. The fourth-order valence-corrected chi connectivity index (χ4v) is 2.25. The van der Waals surface area contributed by atoms with Gasteiger partial charge in [-0.2, -0.15) is 0 Å². The Morgan fingerprint density at radius 1 is 1.00 bits per heavy atom. The van der Waals surface area contributed by atoms with Crippen molar-refractivity contribution >= 4 is 5.69 Å². The molecule has 1 atom stereocenters. The zero-order valence-electron chi connectivity index (χ0n) is 10.8. The first-order valence-electron chi connectivity index (χ1n) is 6.24. The van der Waals surface area contributed by atoms with Crippen molar-refractivity contribution in [2.75, 3.05) is 12.3 Å². The maximum Gasteiger partial charge on any atom is 0.0316 e. The van der Waals surface area contributed by atoms with Crippen LogP contribution < -0.4 is 11.5 Å². The molecule has 2 rings (SSSR count). The van der Waals surface area contributed by atoms with E-state index in [1.54, 1.807) is 0 Å². The van der Waals surface area contributed by atoms with Gasteiger partial charge in [0.25, 0.3) is 0 Å². The molecule has 2 nitrogen and oxygen atoms in total. The van der Waals surface area contributed by atoms with Gasteiger partial charge in [0.2, 0.25) is 0 Å². The van der Waals surface area contributed by atoms with Gasteiger partial charge in [-0.1, -0.05) is 49.4 Å². The van der Waals surface area contributed by atoms with Crippen molar-refractivity contribution in [3.8, 4) is 0 Å². The van der Waals surface area contributed by atoms with E-state index < -0.39 is 0 Å². The van der Waals surface area contributed by atoms with Gasteiger partial charge in [0.1, 0.15) is 0 Å². The fourth-order valence-electron chi connectivity index (χ4n) is 2.25. The summed E-state index contributed by atoms with van der Waals surface area (Å²) >= 11 is 0. The zero-order valence-corrected chi connectivity index (χ0v) is 10.8. The van der Waals surface area contributed by atoms with Crippen LogP contribution in [0.2, 0.25) is 0 Å². The highest BCUT2D eigenvalue weighted by molar-refractivity contribution is 5.44. The molecule has 18 heavy (non-hydrogen) atoms. The second-order valence-corrected chi connectivity index (χ2v) is 5.05. The van der Waals surface area contributed by atoms with Crippen LogP contribution in [0.15, 0.2) is 54.6 Å². The van der Waals surface area contributed by atoms with Crippen molar-refractivity contribution in [2.24, 2.45) is 5.73 Å². The minimum Gasteiger partial charge on any atom is -0.399 e. The molecule has 0 saturated heterocycles. The lowest BCUT2D eigenvalue weighted by atomic mass is 9.77. The van der Waals surface area contributed by atoms with Crippen LogP contribution in [0.25, 0.3) is 0 Å². The molecule has 0 aliphatic rings. The third-order valence-corrected chi connectivity index (χ3v) is 3.47. The number of nitrogens with two attached hydrogens (primary N) is 2. The van der Waals surface area contributed by atoms with E-state index in [0.717, 1.165) is 12.1 Å². The largest absolute Gasteiger partial charge is 0.399 e. The predicted molar refractivity (Wildman–Crippen MR) is 77.4 cm³/mol. The topological polar surface area (TPSA) is 52.0 Å². The van der Waals surface area contributed by atoms with E-state index >= 15 is 0 Å². The summed E-state index contributed by atoms with van der Waals surface area (Å²) in [6.07, 6.45) is 0.924. The molecule has 2 aromatic rings. The molecular weight excluding hydrogens is 220 g/mol. The van der Waals surface area contributed by atoms with Gasteiger partial charge in [0, 0.05) is 17.6 Å². The van der Waals surface area contributed by atoms with Crippen molar-refractivity contribution in [1.82, 2.24) is 0 Å². The summed E-state index contributed by atoms with van der Waals surface area (Å²) in [4.78, 5) is 0. The molecule has 0 saturated carbocycles. The maximum absolute atomic E-state index is 6.00. The first-order valence-corrected chi connectivity index (χ1v) is 6.24. The third kappa shape index (κ3) is 2.71. The Balaban J connectivity index is 2.31. The van der Waals surface area contributed by atoms with Crippen molar-refractivity contribution < 1.29 is 0 Å². The van der Waals surface area contributed by atoms with E-state index in [-0.39, 0.29) is 5.41 Å². The summed E-state index contributed by atoms with van der Waals surface area (Å²) in [5, 5.41) is 0. The van der Waals surface area contributed by atoms with Gasteiger partial charge in [-0.25, -0.2) is 0 Å². The summed E-state index contributed by atoms with van der Waals surface area (Å²) in [5.41, 5.74) is 15.1. The van der Waals surface area contributed by atoms with Crippen molar-refractivity contribution in [2.45, 2.75) is 18.8 Å². The Hall–Kier alpha value is -1.80. The molecule has 2 aromatic carbocycles. The van der Waals surface area contributed by atoms with Gasteiger partial charge in [0.05, 0.1) is 0 Å². The fraction of sp³-hybridized carbons (Fsp3) is 0.250. The van der Waals surface area contributed by atoms with Crippen LogP contribution in [-0.2, 0) is 11.8 Å². The summed E-state index contributed by atoms with van der Waals surface area (Å²) in [7, 11) is 0. The standard InChI is InChI=1S/C16H20N2/c1-16(12-17,11-13-6-3-2-4-7-13)14-8-5-9-15(18)10-14/h2-10H,11-12,17-18H2,1H3. The number of anilines is 1.